The minimum Gasteiger partial charge on any atom is -0.492 e. The van der Waals surface area contributed by atoms with Crippen molar-refractivity contribution in [1.82, 2.24) is 16.0 Å². The van der Waals surface area contributed by atoms with E-state index in [9.17, 15) is 4.79 Å². The summed E-state index contributed by atoms with van der Waals surface area (Å²) in [6, 6.07) is 17.3. The van der Waals surface area contributed by atoms with Crippen molar-refractivity contribution in [1.29, 1.82) is 0 Å². The highest BCUT2D eigenvalue weighted by atomic mass is 127. The summed E-state index contributed by atoms with van der Waals surface area (Å²) in [5, 5.41) is 9.38. The average Bonchev–Trinajstić information content (AvgIpc) is 2.74. The monoisotopic (exact) mass is 510 g/mol. The van der Waals surface area contributed by atoms with Gasteiger partial charge in [0.15, 0.2) is 5.96 Å². The van der Waals surface area contributed by atoms with Crippen molar-refractivity contribution in [2.75, 3.05) is 26.2 Å². The van der Waals surface area contributed by atoms with E-state index >= 15 is 0 Å². The summed E-state index contributed by atoms with van der Waals surface area (Å²) in [7, 11) is 0. The van der Waals surface area contributed by atoms with Crippen LogP contribution in [0.2, 0.25) is 0 Å². The van der Waals surface area contributed by atoms with Gasteiger partial charge < -0.3 is 20.7 Å². The van der Waals surface area contributed by atoms with Crippen LogP contribution in [-0.2, 0) is 6.54 Å². The number of rotatable bonds is 10. The number of hydrogen-bond donors (Lipinski definition) is 3. The standard InChI is InChI=1S/C22H30N4O2.HI/c1-3-13-24-21(27)19-10-8-9-18(16-19)17-26-22(23-4-2)25-14-15-28-20-11-6-5-7-12-20;/h5-12,16H,3-4,13-15,17H2,1-2H3,(H,24,27)(H2,23,25,26);1H. The maximum atomic E-state index is 12.1. The van der Waals surface area contributed by atoms with Gasteiger partial charge in [-0.3, -0.25) is 4.79 Å². The number of benzene rings is 2. The molecule has 7 heteroatoms. The van der Waals surface area contributed by atoms with Gasteiger partial charge >= 0.3 is 0 Å². The quantitative estimate of drug-likeness (QED) is 0.198. The second-order valence-corrected chi connectivity index (χ2v) is 6.24. The number of halogens is 1. The first-order chi connectivity index (χ1) is 13.7. The van der Waals surface area contributed by atoms with Crippen LogP contribution in [0.1, 0.15) is 36.2 Å². The summed E-state index contributed by atoms with van der Waals surface area (Å²) < 4.78 is 5.68. The molecular formula is C22H31IN4O2. The largest absolute Gasteiger partial charge is 0.492 e. The number of aliphatic imine (C=N–C) groups is 1. The number of hydrogen-bond acceptors (Lipinski definition) is 3. The van der Waals surface area contributed by atoms with E-state index < -0.39 is 0 Å². The fourth-order valence-corrected chi connectivity index (χ4v) is 2.52. The second kappa shape index (κ2) is 14.7. The van der Waals surface area contributed by atoms with Crippen LogP contribution in [0.15, 0.2) is 59.6 Å². The van der Waals surface area contributed by atoms with Crippen LogP contribution in [-0.4, -0.2) is 38.1 Å². The Balaban J connectivity index is 0.00000420. The summed E-state index contributed by atoms with van der Waals surface area (Å²) in [6.45, 7) is 7.18. The van der Waals surface area contributed by atoms with Crippen molar-refractivity contribution in [3.8, 4) is 5.75 Å². The topological polar surface area (TPSA) is 74.8 Å². The van der Waals surface area contributed by atoms with Crippen molar-refractivity contribution < 1.29 is 9.53 Å². The number of ether oxygens (including phenoxy) is 1. The van der Waals surface area contributed by atoms with Crippen LogP contribution in [0.25, 0.3) is 0 Å². The molecule has 0 saturated carbocycles. The van der Waals surface area contributed by atoms with Crippen LogP contribution in [0.4, 0.5) is 0 Å². The normalized spacial score (nSPS) is 10.6. The predicted molar refractivity (Wildman–Crippen MR) is 129 cm³/mol. The number of guanidine groups is 1. The molecule has 2 rings (SSSR count). The molecule has 2 aromatic rings. The van der Waals surface area contributed by atoms with E-state index in [1.165, 1.54) is 0 Å². The average molecular weight is 510 g/mol. The Bertz CT molecular complexity index is 753. The summed E-state index contributed by atoms with van der Waals surface area (Å²) in [4.78, 5) is 16.7. The van der Waals surface area contributed by atoms with Gasteiger partial charge in [0.05, 0.1) is 13.1 Å². The first-order valence-electron chi connectivity index (χ1n) is 9.80. The first kappa shape index (κ1) is 24.7. The van der Waals surface area contributed by atoms with Crippen LogP contribution >= 0.6 is 24.0 Å². The molecule has 6 nitrogen and oxygen atoms in total. The molecule has 0 heterocycles. The molecule has 0 atom stereocenters. The first-order valence-corrected chi connectivity index (χ1v) is 9.80. The van der Waals surface area contributed by atoms with E-state index in [0.717, 1.165) is 30.2 Å². The van der Waals surface area contributed by atoms with Crippen molar-refractivity contribution in [2.24, 2.45) is 4.99 Å². The van der Waals surface area contributed by atoms with Crippen molar-refractivity contribution in [2.45, 2.75) is 26.8 Å². The number of nitrogens with one attached hydrogen (secondary N) is 3. The predicted octanol–water partition coefficient (Wildman–Crippen LogP) is 3.58. The molecular weight excluding hydrogens is 479 g/mol. The number of nitrogens with zero attached hydrogens (tertiary/aromatic N) is 1. The lowest BCUT2D eigenvalue weighted by Gasteiger charge is -2.12. The molecule has 2 aromatic carbocycles. The van der Waals surface area contributed by atoms with Gasteiger partial charge in [-0.15, -0.1) is 24.0 Å². The number of para-hydroxylation sites is 1. The van der Waals surface area contributed by atoms with Crippen LogP contribution in [0.3, 0.4) is 0 Å². The Morgan fingerprint density at radius 2 is 1.76 bits per heavy atom. The minimum absolute atomic E-state index is 0. The van der Waals surface area contributed by atoms with Gasteiger partial charge in [0.2, 0.25) is 0 Å². The molecule has 0 bridgehead atoms. The van der Waals surface area contributed by atoms with Gasteiger partial charge in [-0.25, -0.2) is 4.99 Å². The van der Waals surface area contributed by atoms with Crippen LogP contribution in [0.5, 0.6) is 5.75 Å². The molecule has 158 valence electrons. The van der Waals surface area contributed by atoms with Gasteiger partial charge in [0.1, 0.15) is 12.4 Å². The third kappa shape index (κ3) is 9.65. The van der Waals surface area contributed by atoms with Gasteiger partial charge in [-0.2, -0.15) is 0 Å². The highest BCUT2D eigenvalue weighted by Crippen LogP contribution is 2.08. The van der Waals surface area contributed by atoms with Crippen LogP contribution in [0, 0.1) is 0 Å². The van der Waals surface area contributed by atoms with E-state index in [0.29, 0.717) is 31.8 Å². The lowest BCUT2D eigenvalue weighted by Crippen LogP contribution is -2.39. The molecule has 0 aromatic heterocycles. The number of amides is 1. The third-order valence-electron chi connectivity index (χ3n) is 3.90. The van der Waals surface area contributed by atoms with Crippen molar-refractivity contribution >= 4 is 35.8 Å². The maximum Gasteiger partial charge on any atom is 0.251 e. The maximum absolute atomic E-state index is 12.1. The molecule has 0 fully saturated rings. The molecule has 0 aliphatic heterocycles. The zero-order valence-corrected chi connectivity index (χ0v) is 19.4. The summed E-state index contributed by atoms with van der Waals surface area (Å²) in [6.07, 6.45) is 0.918. The Labute approximate surface area is 190 Å². The summed E-state index contributed by atoms with van der Waals surface area (Å²) >= 11 is 0. The summed E-state index contributed by atoms with van der Waals surface area (Å²) in [5.74, 6) is 1.53. The van der Waals surface area contributed by atoms with Gasteiger partial charge in [-0.1, -0.05) is 37.3 Å². The van der Waals surface area contributed by atoms with E-state index in [1.54, 1.807) is 0 Å². The van der Waals surface area contributed by atoms with Crippen molar-refractivity contribution in [3.63, 3.8) is 0 Å². The van der Waals surface area contributed by atoms with E-state index in [1.807, 2.05) is 68.4 Å². The van der Waals surface area contributed by atoms with Gasteiger partial charge in [0, 0.05) is 18.7 Å². The Morgan fingerprint density at radius 3 is 2.48 bits per heavy atom. The molecule has 0 aliphatic rings. The molecule has 0 radical (unpaired) electrons. The molecule has 0 aliphatic carbocycles. The smallest absolute Gasteiger partial charge is 0.251 e. The molecule has 1 amide bonds. The fourth-order valence-electron chi connectivity index (χ4n) is 2.52. The molecule has 3 N–H and O–H groups in total. The fraction of sp³-hybridized carbons (Fsp3) is 0.364. The summed E-state index contributed by atoms with van der Waals surface area (Å²) in [5.41, 5.74) is 1.65. The third-order valence-corrected chi connectivity index (χ3v) is 3.90. The lowest BCUT2D eigenvalue weighted by molar-refractivity contribution is 0.0953. The van der Waals surface area contributed by atoms with E-state index in [4.69, 9.17) is 4.74 Å². The highest BCUT2D eigenvalue weighted by molar-refractivity contribution is 14.0. The molecule has 0 unspecified atom stereocenters. The number of carbonyl (C=O) groups is 1. The van der Waals surface area contributed by atoms with Gasteiger partial charge in [-0.05, 0) is 43.2 Å². The second-order valence-electron chi connectivity index (χ2n) is 6.24. The zero-order valence-electron chi connectivity index (χ0n) is 17.1. The zero-order chi connectivity index (χ0) is 20.0. The molecule has 29 heavy (non-hydrogen) atoms. The molecule has 0 spiro atoms. The van der Waals surface area contributed by atoms with Crippen LogP contribution < -0.4 is 20.7 Å². The molecule has 0 saturated heterocycles. The SMILES string of the molecule is CCCNC(=O)c1cccc(CN=C(NCC)NCCOc2ccccc2)c1.I. The minimum atomic E-state index is -0.0456. The Kier molecular flexibility index (Phi) is 12.5. The van der Waals surface area contributed by atoms with E-state index in [-0.39, 0.29) is 29.9 Å². The Morgan fingerprint density at radius 1 is 0.966 bits per heavy atom. The number of carbonyl (C=O) groups excluding carboxylic acids is 1. The van der Waals surface area contributed by atoms with E-state index in [2.05, 4.69) is 20.9 Å². The van der Waals surface area contributed by atoms with Crippen molar-refractivity contribution in [3.05, 3.63) is 65.7 Å². The highest BCUT2D eigenvalue weighted by Gasteiger charge is 2.05. The Hall–Kier alpha value is -2.29. The van der Waals surface area contributed by atoms with Gasteiger partial charge in [0.25, 0.3) is 5.91 Å². The lowest BCUT2D eigenvalue weighted by atomic mass is 10.1.